The zero-order chi connectivity index (χ0) is 17.8. The molecule has 7 N–H and O–H groups in total. The molecule has 0 aromatic carbocycles. The molecule has 0 atom stereocenters. The van der Waals surface area contributed by atoms with Crippen molar-refractivity contribution in [2.24, 2.45) is 11.5 Å². The highest BCUT2D eigenvalue weighted by atomic mass is 16.4. The Hall–Kier alpha value is -1.79. The maximum Gasteiger partial charge on any atom is 0.317 e. The number of carboxylic acid groups (broad SMARTS) is 3. The van der Waals surface area contributed by atoms with Crippen LogP contribution in [-0.2, 0) is 14.4 Å². The summed E-state index contributed by atoms with van der Waals surface area (Å²) in [5.74, 6) is -3.06. The van der Waals surface area contributed by atoms with Gasteiger partial charge in [0.2, 0.25) is 0 Å². The van der Waals surface area contributed by atoms with Gasteiger partial charge in [0.05, 0.1) is 19.6 Å². The number of hydrogen-bond acceptors (Lipinski definition) is 8. The second kappa shape index (κ2) is 11.7. The first-order valence-corrected chi connectivity index (χ1v) is 7.01. The lowest BCUT2D eigenvalue weighted by Crippen LogP contribution is -2.45. The Kier molecular flexibility index (Phi) is 10.8. The summed E-state index contributed by atoms with van der Waals surface area (Å²) in [6.45, 7) is 0.551. The standard InChI is InChI=1S/C12H25N5O6/c13-8-16(6-11(20)21)3-1-15(5-10(18)19)2-4-17(9-14)7-12(22)23/h1-9,13-14H2,(H,18,19)(H,20,21)(H,22,23). The Bertz CT molecular complexity index is 366. The minimum atomic E-state index is -1.03. The fraction of sp³-hybridized carbons (Fsp3) is 0.750. The molecule has 0 aromatic heterocycles. The minimum absolute atomic E-state index is 0.0428. The van der Waals surface area contributed by atoms with Crippen LogP contribution in [0.4, 0.5) is 0 Å². The predicted octanol–water partition coefficient (Wildman–Crippen LogP) is -3.02. The van der Waals surface area contributed by atoms with Gasteiger partial charge in [-0.2, -0.15) is 0 Å². The molecule has 0 aliphatic heterocycles. The van der Waals surface area contributed by atoms with E-state index in [2.05, 4.69) is 0 Å². The van der Waals surface area contributed by atoms with Gasteiger partial charge in [0, 0.05) is 39.5 Å². The van der Waals surface area contributed by atoms with Gasteiger partial charge in [-0.3, -0.25) is 29.1 Å². The van der Waals surface area contributed by atoms with Crippen molar-refractivity contribution in [1.82, 2.24) is 14.7 Å². The van der Waals surface area contributed by atoms with Crippen LogP contribution in [-0.4, -0.2) is 107 Å². The molecule has 0 aliphatic carbocycles. The Labute approximate surface area is 134 Å². The van der Waals surface area contributed by atoms with Crippen molar-refractivity contribution in [2.75, 3.05) is 59.2 Å². The van der Waals surface area contributed by atoms with Crippen molar-refractivity contribution >= 4 is 17.9 Å². The lowest BCUT2D eigenvalue weighted by molar-refractivity contribution is -0.140. The highest BCUT2D eigenvalue weighted by molar-refractivity contribution is 5.69. The van der Waals surface area contributed by atoms with Crippen molar-refractivity contribution in [3.05, 3.63) is 0 Å². The van der Waals surface area contributed by atoms with Crippen LogP contribution in [0.25, 0.3) is 0 Å². The Morgan fingerprint density at radius 2 is 0.870 bits per heavy atom. The van der Waals surface area contributed by atoms with Crippen LogP contribution in [0.3, 0.4) is 0 Å². The summed E-state index contributed by atoms with van der Waals surface area (Å²) in [5, 5.41) is 26.4. The molecule has 11 nitrogen and oxygen atoms in total. The van der Waals surface area contributed by atoms with Gasteiger partial charge in [-0.1, -0.05) is 0 Å². The highest BCUT2D eigenvalue weighted by Gasteiger charge is 2.15. The number of nitrogens with two attached hydrogens (primary N) is 2. The van der Waals surface area contributed by atoms with Gasteiger partial charge in [0.1, 0.15) is 0 Å². The summed E-state index contributed by atoms with van der Waals surface area (Å²) in [5.41, 5.74) is 10.9. The van der Waals surface area contributed by atoms with E-state index in [1.54, 1.807) is 4.90 Å². The predicted molar refractivity (Wildman–Crippen MR) is 80.6 cm³/mol. The van der Waals surface area contributed by atoms with Crippen LogP contribution in [0.15, 0.2) is 0 Å². The monoisotopic (exact) mass is 335 g/mol. The van der Waals surface area contributed by atoms with Crippen LogP contribution >= 0.6 is 0 Å². The molecule has 0 aliphatic rings. The average Bonchev–Trinajstić information content (AvgIpc) is 2.45. The van der Waals surface area contributed by atoms with Crippen molar-refractivity contribution in [2.45, 2.75) is 0 Å². The van der Waals surface area contributed by atoms with E-state index in [1.165, 1.54) is 9.80 Å². The number of hydrogen-bond donors (Lipinski definition) is 5. The molecule has 0 radical (unpaired) electrons. The molecular formula is C12H25N5O6. The van der Waals surface area contributed by atoms with Crippen LogP contribution in [0.2, 0.25) is 0 Å². The van der Waals surface area contributed by atoms with Gasteiger partial charge in [0.25, 0.3) is 0 Å². The lowest BCUT2D eigenvalue weighted by Gasteiger charge is -2.27. The van der Waals surface area contributed by atoms with Gasteiger partial charge >= 0.3 is 17.9 Å². The maximum atomic E-state index is 10.9. The van der Waals surface area contributed by atoms with Gasteiger partial charge < -0.3 is 26.8 Å². The summed E-state index contributed by atoms with van der Waals surface area (Å²) in [6, 6.07) is 0. The van der Waals surface area contributed by atoms with Gasteiger partial charge in [-0.15, -0.1) is 0 Å². The zero-order valence-corrected chi connectivity index (χ0v) is 12.9. The van der Waals surface area contributed by atoms with E-state index >= 15 is 0 Å². The molecule has 0 saturated carbocycles. The first-order valence-electron chi connectivity index (χ1n) is 7.01. The number of aliphatic carboxylic acids is 3. The van der Waals surface area contributed by atoms with Gasteiger partial charge in [0.15, 0.2) is 0 Å². The molecule has 0 bridgehead atoms. The molecule has 0 spiro atoms. The van der Waals surface area contributed by atoms with Crippen LogP contribution < -0.4 is 11.5 Å². The molecule has 134 valence electrons. The summed E-state index contributed by atoms with van der Waals surface area (Å²) in [7, 11) is 0. The SMILES string of the molecule is NCN(CCN(CCN(CN)CC(=O)O)CC(=O)O)CC(=O)O. The smallest absolute Gasteiger partial charge is 0.317 e. The van der Waals surface area contributed by atoms with Crippen LogP contribution in [0, 0.1) is 0 Å². The topological polar surface area (TPSA) is 174 Å². The van der Waals surface area contributed by atoms with E-state index in [0.717, 1.165) is 0 Å². The van der Waals surface area contributed by atoms with E-state index in [9.17, 15) is 14.4 Å². The second-order valence-corrected chi connectivity index (χ2v) is 4.93. The summed E-state index contributed by atoms with van der Waals surface area (Å²) < 4.78 is 0. The van der Waals surface area contributed by atoms with Crippen molar-refractivity contribution < 1.29 is 29.7 Å². The van der Waals surface area contributed by atoms with E-state index in [4.69, 9.17) is 26.8 Å². The third kappa shape index (κ3) is 11.4. The third-order valence-corrected chi connectivity index (χ3v) is 3.06. The molecule has 0 aromatic rings. The van der Waals surface area contributed by atoms with Crippen molar-refractivity contribution in [3.63, 3.8) is 0 Å². The number of nitrogens with zero attached hydrogens (tertiary/aromatic N) is 3. The van der Waals surface area contributed by atoms with Crippen molar-refractivity contribution in [1.29, 1.82) is 0 Å². The second-order valence-electron chi connectivity index (χ2n) is 4.93. The number of carbonyl (C=O) groups is 3. The van der Waals surface area contributed by atoms with E-state index in [-0.39, 0.29) is 46.1 Å². The zero-order valence-electron chi connectivity index (χ0n) is 12.9. The van der Waals surface area contributed by atoms with Gasteiger partial charge in [-0.05, 0) is 0 Å². The first kappa shape index (κ1) is 21.2. The molecular weight excluding hydrogens is 310 g/mol. The normalized spacial score (nSPS) is 11.3. The maximum absolute atomic E-state index is 10.9. The molecule has 0 fully saturated rings. The summed E-state index contributed by atoms with van der Waals surface area (Å²) in [4.78, 5) is 36.7. The molecule has 0 heterocycles. The Balaban J connectivity index is 4.47. The quantitative estimate of drug-likeness (QED) is 0.204. The molecule has 0 amide bonds. The molecule has 0 unspecified atom stereocenters. The molecule has 0 saturated heterocycles. The fourth-order valence-electron chi connectivity index (χ4n) is 1.88. The fourth-order valence-corrected chi connectivity index (χ4v) is 1.88. The summed E-state index contributed by atoms with van der Waals surface area (Å²) in [6.07, 6.45) is 0. The Morgan fingerprint density at radius 1 is 0.609 bits per heavy atom. The Morgan fingerprint density at radius 3 is 1.13 bits per heavy atom. The average molecular weight is 335 g/mol. The highest BCUT2D eigenvalue weighted by Crippen LogP contribution is 1.95. The number of carboxylic acids is 3. The molecule has 11 heteroatoms. The van der Waals surface area contributed by atoms with E-state index in [1.807, 2.05) is 0 Å². The van der Waals surface area contributed by atoms with Crippen LogP contribution in [0.1, 0.15) is 0 Å². The van der Waals surface area contributed by atoms with E-state index < -0.39 is 17.9 Å². The van der Waals surface area contributed by atoms with Crippen LogP contribution in [0.5, 0.6) is 0 Å². The van der Waals surface area contributed by atoms with E-state index in [0.29, 0.717) is 13.1 Å². The molecule has 23 heavy (non-hydrogen) atoms. The number of rotatable bonds is 14. The largest absolute Gasteiger partial charge is 0.480 e. The van der Waals surface area contributed by atoms with Crippen molar-refractivity contribution in [3.8, 4) is 0 Å². The minimum Gasteiger partial charge on any atom is -0.480 e. The van der Waals surface area contributed by atoms with Gasteiger partial charge in [-0.25, -0.2) is 0 Å². The first-order chi connectivity index (χ1) is 10.8. The third-order valence-electron chi connectivity index (χ3n) is 3.06. The molecule has 0 rings (SSSR count). The lowest BCUT2D eigenvalue weighted by atomic mass is 10.4. The summed E-state index contributed by atoms with van der Waals surface area (Å²) >= 11 is 0.